The van der Waals surface area contributed by atoms with Crippen LogP contribution < -0.4 is 0 Å². The van der Waals surface area contributed by atoms with E-state index in [2.05, 4.69) is 25.2 Å². The van der Waals surface area contributed by atoms with E-state index in [1.165, 1.54) is 11.1 Å². The van der Waals surface area contributed by atoms with Gasteiger partial charge in [-0.05, 0) is 42.6 Å². The molecule has 0 aromatic heterocycles. The second kappa shape index (κ2) is 5.44. The van der Waals surface area contributed by atoms with Gasteiger partial charge in [0.1, 0.15) is 0 Å². The third kappa shape index (κ3) is 3.04. The Morgan fingerprint density at radius 1 is 1.24 bits per heavy atom. The third-order valence-corrected chi connectivity index (χ3v) is 2.97. The summed E-state index contributed by atoms with van der Waals surface area (Å²) in [4.78, 5) is 0. The van der Waals surface area contributed by atoms with Gasteiger partial charge in [-0.15, -0.1) is 0 Å². The number of hydrogen-bond donors (Lipinski definition) is 1. The van der Waals surface area contributed by atoms with Gasteiger partial charge in [-0.25, -0.2) is 0 Å². The summed E-state index contributed by atoms with van der Waals surface area (Å²) < 4.78 is 0. The average molecular weight is 223 g/mol. The number of nitrogens with one attached hydrogen (secondary N) is 1. The zero-order chi connectivity index (χ0) is 12.1. The fourth-order valence-corrected chi connectivity index (χ4v) is 1.94. The molecule has 0 heterocycles. The van der Waals surface area contributed by atoms with E-state index in [0.29, 0.717) is 5.71 Å². The summed E-state index contributed by atoms with van der Waals surface area (Å²) >= 11 is 0. The van der Waals surface area contributed by atoms with Gasteiger partial charge in [0.15, 0.2) is 0 Å². The maximum absolute atomic E-state index is 8.06. The first-order chi connectivity index (χ1) is 8.27. The minimum Gasteiger partial charge on any atom is -0.300 e. The fourth-order valence-electron chi connectivity index (χ4n) is 1.94. The van der Waals surface area contributed by atoms with Crippen LogP contribution in [0, 0.1) is 5.41 Å². The van der Waals surface area contributed by atoms with Gasteiger partial charge in [-0.3, -0.25) is 0 Å². The van der Waals surface area contributed by atoms with E-state index >= 15 is 0 Å². The molecule has 0 amide bonds. The monoisotopic (exact) mass is 223 g/mol. The highest BCUT2D eigenvalue weighted by atomic mass is 14.4. The zero-order valence-electron chi connectivity index (χ0n) is 10.1. The quantitative estimate of drug-likeness (QED) is 0.740. The third-order valence-electron chi connectivity index (χ3n) is 2.97. The molecule has 2 rings (SSSR count). The van der Waals surface area contributed by atoms with Gasteiger partial charge in [0.2, 0.25) is 0 Å². The summed E-state index contributed by atoms with van der Waals surface area (Å²) in [7, 11) is 0. The lowest BCUT2D eigenvalue weighted by atomic mass is 9.96. The number of rotatable bonds is 3. The van der Waals surface area contributed by atoms with Crippen LogP contribution in [0.4, 0.5) is 0 Å². The Morgan fingerprint density at radius 3 is 2.65 bits per heavy atom. The van der Waals surface area contributed by atoms with Crippen molar-refractivity contribution < 1.29 is 0 Å². The van der Waals surface area contributed by atoms with Crippen molar-refractivity contribution >= 4 is 5.71 Å². The molecule has 1 aliphatic rings. The molecule has 0 radical (unpaired) electrons. The van der Waals surface area contributed by atoms with Crippen molar-refractivity contribution in [3.8, 4) is 0 Å². The predicted octanol–water partition coefficient (Wildman–Crippen LogP) is 4.28. The number of benzene rings is 1. The Bertz CT molecular complexity index is 490. The molecule has 0 saturated carbocycles. The lowest BCUT2D eigenvalue weighted by molar-refractivity contribution is 0.969. The van der Waals surface area contributed by atoms with Gasteiger partial charge in [0.25, 0.3) is 0 Å². The Hall–Kier alpha value is -1.89. The van der Waals surface area contributed by atoms with E-state index in [-0.39, 0.29) is 0 Å². The molecular formula is C16H17N. The summed E-state index contributed by atoms with van der Waals surface area (Å²) in [6.07, 6.45) is 10.6. The molecule has 0 saturated heterocycles. The molecule has 1 aromatic rings. The van der Waals surface area contributed by atoms with Crippen LogP contribution in [0.2, 0.25) is 0 Å². The van der Waals surface area contributed by atoms with Crippen LogP contribution in [-0.2, 0) is 0 Å². The smallest absolute Gasteiger partial charge is 0.0614 e. The van der Waals surface area contributed by atoms with E-state index in [1.54, 1.807) is 0 Å². The molecule has 0 spiro atoms. The van der Waals surface area contributed by atoms with Gasteiger partial charge < -0.3 is 5.41 Å². The molecule has 1 aliphatic carbocycles. The second-order valence-electron chi connectivity index (χ2n) is 4.27. The largest absolute Gasteiger partial charge is 0.300 e. The van der Waals surface area contributed by atoms with Crippen molar-refractivity contribution in [3.05, 3.63) is 71.3 Å². The molecule has 1 aromatic carbocycles. The minimum atomic E-state index is 0.582. The first kappa shape index (κ1) is 11.6. The van der Waals surface area contributed by atoms with Crippen LogP contribution in [0.1, 0.15) is 25.3 Å². The van der Waals surface area contributed by atoms with E-state index in [1.807, 2.05) is 36.4 Å². The molecule has 0 bridgehead atoms. The van der Waals surface area contributed by atoms with E-state index < -0.39 is 0 Å². The Balaban J connectivity index is 2.17. The standard InChI is InChI=1S/C16H17N/c1-13(14-8-4-2-5-9-14)12-16(17)15-10-6-3-7-11-15/h2-4,6-8,10-12,17H,5,9H2,1H3/b13-12+,17-16?. The van der Waals surface area contributed by atoms with E-state index in [0.717, 1.165) is 18.4 Å². The van der Waals surface area contributed by atoms with E-state index in [9.17, 15) is 0 Å². The van der Waals surface area contributed by atoms with Crippen LogP contribution in [-0.4, -0.2) is 5.71 Å². The lowest BCUT2D eigenvalue weighted by Crippen LogP contribution is -1.97. The SMILES string of the molecule is C/C(=C\C(=N)c1ccccc1)C1=CC=CCC1. The normalized spacial score (nSPS) is 15.6. The average Bonchev–Trinajstić information content (AvgIpc) is 2.40. The summed E-state index contributed by atoms with van der Waals surface area (Å²) in [5, 5.41) is 8.06. The lowest BCUT2D eigenvalue weighted by Gasteiger charge is -2.09. The Morgan fingerprint density at radius 2 is 2.00 bits per heavy atom. The highest BCUT2D eigenvalue weighted by molar-refractivity contribution is 6.07. The van der Waals surface area contributed by atoms with E-state index in [4.69, 9.17) is 5.41 Å². The molecular weight excluding hydrogens is 206 g/mol. The second-order valence-corrected chi connectivity index (χ2v) is 4.27. The molecule has 0 fully saturated rings. The summed E-state index contributed by atoms with van der Waals surface area (Å²) in [6.45, 7) is 2.09. The Labute approximate surface area is 103 Å². The summed E-state index contributed by atoms with van der Waals surface area (Å²) in [6, 6.07) is 9.86. The molecule has 0 unspecified atom stereocenters. The molecule has 1 heteroatoms. The Kier molecular flexibility index (Phi) is 3.71. The van der Waals surface area contributed by atoms with Crippen molar-refractivity contribution in [2.45, 2.75) is 19.8 Å². The summed E-state index contributed by atoms with van der Waals surface area (Å²) in [5.74, 6) is 0. The topological polar surface area (TPSA) is 23.9 Å². The van der Waals surface area contributed by atoms with Crippen LogP contribution in [0.3, 0.4) is 0 Å². The molecule has 1 nitrogen and oxygen atoms in total. The number of hydrogen-bond acceptors (Lipinski definition) is 1. The highest BCUT2D eigenvalue weighted by Crippen LogP contribution is 2.20. The van der Waals surface area contributed by atoms with Gasteiger partial charge in [0.05, 0.1) is 5.71 Å². The van der Waals surface area contributed by atoms with Crippen LogP contribution >= 0.6 is 0 Å². The van der Waals surface area contributed by atoms with Crippen LogP contribution in [0.15, 0.2) is 65.8 Å². The highest BCUT2D eigenvalue weighted by Gasteiger charge is 2.04. The molecule has 86 valence electrons. The maximum atomic E-state index is 8.06. The van der Waals surface area contributed by atoms with Gasteiger partial charge in [-0.2, -0.15) is 0 Å². The predicted molar refractivity (Wildman–Crippen MR) is 73.5 cm³/mol. The molecule has 17 heavy (non-hydrogen) atoms. The van der Waals surface area contributed by atoms with Gasteiger partial charge in [0, 0.05) is 0 Å². The minimum absolute atomic E-state index is 0.582. The van der Waals surface area contributed by atoms with Crippen molar-refractivity contribution in [1.82, 2.24) is 0 Å². The molecule has 0 atom stereocenters. The maximum Gasteiger partial charge on any atom is 0.0614 e. The molecule has 1 N–H and O–H groups in total. The van der Waals surface area contributed by atoms with Crippen LogP contribution in [0.5, 0.6) is 0 Å². The van der Waals surface area contributed by atoms with Gasteiger partial charge >= 0.3 is 0 Å². The van der Waals surface area contributed by atoms with Crippen molar-refractivity contribution in [2.24, 2.45) is 0 Å². The first-order valence-electron chi connectivity index (χ1n) is 5.96. The van der Waals surface area contributed by atoms with Crippen molar-refractivity contribution in [3.63, 3.8) is 0 Å². The molecule has 0 aliphatic heterocycles. The number of allylic oxidation sites excluding steroid dienone is 6. The van der Waals surface area contributed by atoms with Gasteiger partial charge in [-0.1, -0.05) is 48.6 Å². The zero-order valence-corrected chi connectivity index (χ0v) is 10.1. The van der Waals surface area contributed by atoms with Crippen molar-refractivity contribution in [2.75, 3.05) is 0 Å². The van der Waals surface area contributed by atoms with Crippen LogP contribution in [0.25, 0.3) is 0 Å². The van der Waals surface area contributed by atoms with Crippen molar-refractivity contribution in [1.29, 1.82) is 5.41 Å². The first-order valence-corrected chi connectivity index (χ1v) is 5.96. The summed E-state index contributed by atoms with van der Waals surface area (Å²) in [5.41, 5.74) is 4.09. The fraction of sp³-hybridized carbons (Fsp3) is 0.188.